The first-order valence-corrected chi connectivity index (χ1v) is 4.49. The van der Waals surface area contributed by atoms with E-state index in [0.717, 1.165) is 0 Å². The Hall–Kier alpha value is -2.10. The van der Waals surface area contributed by atoms with E-state index in [-0.39, 0.29) is 5.82 Å². The molecule has 0 fully saturated rings. The van der Waals surface area contributed by atoms with E-state index in [1.165, 1.54) is 6.07 Å². The molecule has 0 saturated carbocycles. The molecule has 0 aliphatic rings. The summed E-state index contributed by atoms with van der Waals surface area (Å²) in [5, 5.41) is 2.83. The van der Waals surface area contributed by atoms with Crippen LogP contribution in [0.4, 0.5) is 21.6 Å². The first-order valence-electron chi connectivity index (χ1n) is 4.49. The standard InChI is InChI=1S/C11H10FN3/c12-8-4-1-2-6-10(8)15-11-9(13)5-3-7-14-11/h1-7H,13H2,(H,14,15). The third-order valence-electron chi connectivity index (χ3n) is 1.97. The van der Waals surface area contributed by atoms with Crippen LogP contribution in [0.1, 0.15) is 0 Å². The highest BCUT2D eigenvalue weighted by molar-refractivity contribution is 5.68. The van der Waals surface area contributed by atoms with Crippen LogP contribution >= 0.6 is 0 Å². The molecule has 0 aliphatic heterocycles. The fourth-order valence-corrected chi connectivity index (χ4v) is 1.21. The van der Waals surface area contributed by atoms with Crippen LogP contribution in [0.25, 0.3) is 0 Å². The number of nitrogens with two attached hydrogens (primary N) is 1. The summed E-state index contributed by atoms with van der Waals surface area (Å²) in [5.74, 6) is 0.130. The predicted octanol–water partition coefficient (Wildman–Crippen LogP) is 2.55. The summed E-state index contributed by atoms with van der Waals surface area (Å²) in [6.07, 6.45) is 1.60. The number of halogens is 1. The maximum atomic E-state index is 13.3. The third-order valence-corrected chi connectivity index (χ3v) is 1.97. The van der Waals surface area contributed by atoms with Crippen LogP contribution in [0.2, 0.25) is 0 Å². The number of hydrogen-bond donors (Lipinski definition) is 2. The summed E-state index contributed by atoms with van der Waals surface area (Å²) in [7, 11) is 0. The number of nitrogens with zero attached hydrogens (tertiary/aromatic N) is 1. The van der Waals surface area contributed by atoms with Gasteiger partial charge in [0.1, 0.15) is 5.82 Å². The number of nitrogen functional groups attached to an aromatic ring is 1. The molecule has 2 rings (SSSR count). The average molecular weight is 203 g/mol. The molecular formula is C11H10FN3. The first kappa shape index (κ1) is 9.45. The van der Waals surface area contributed by atoms with Gasteiger partial charge < -0.3 is 11.1 Å². The smallest absolute Gasteiger partial charge is 0.153 e. The van der Waals surface area contributed by atoms with Gasteiger partial charge in [0.2, 0.25) is 0 Å². The normalized spacial score (nSPS) is 9.93. The van der Waals surface area contributed by atoms with Crippen LogP contribution in [-0.4, -0.2) is 4.98 Å². The SMILES string of the molecule is Nc1cccnc1Nc1ccccc1F. The number of anilines is 3. The van der Waals surface area contributed by atoms with Gasteiger partial charge in [0, 0.05) is 6.20 Å². The number of nitrogens with one attached hydrogen (secondary N) is 1. The Morgan fingerprint density at radius 3 is 2.67 bits per heavy atom. The van der Waals surface area contributed by atoms with E-state index in [1.54, 1.807) is 36.5 Å². The molecule has 0 bridgehead atoms. The molecule has 15 heavy (non-hydrogen) atoms. The highest BCUT2D eigenvalue weighted by Gasteiger charge is 2.03. The monoisotopic (exact) mass is 203 g/mol. The quantitative estimate of drug-likeness (QED) is 0.788. The van der Waals surface area contributed by atoms with Crippen molar-refractivity contribution < 1.29 is 4.39 Å². The summed E-state index contributed by atoms with van der Waals surface area (Å²) in [5.41, 5.74) is 6.52. The summed E-state index contributed by atoms with van der Waals surface area (Å²) in [6.45, 7) is 0. The predicted molar refractivity (Wildman–Crippen MR) is 58.3 cm³/mol. The zero-order chi connectivity index (χ0) is 10.7. The number of para-hydroxylation sites is 1. The van der Waals surface area contributed by atoms with Gasteiger partial charge in [-0.25, -0.2) is 9.37 Å². The molecule has 3 nitrogen and oxygen atoms in total. The van der Waals surface area contributed by atoms with Crippen LogP contribution in [-0.2, 0) is 0 Å². The molecule has 4 heteroatoms. The zero-order valence-corrected chi connectivity index (χ0v) is 7.94. The van der Waals surface area contributed by atoms with E-state index in [4.69, 9.17) is 5.73 Å². The Morgan fingerprint density at radius 1 is 1.13 bits per heavy atom. The van der Waals surface area contributed by atoms with Gasteiger partial charge in [-0.1, -0.05) is 12.1 Å². The number of pyridine rings is 1. The van der Waals surface area contributed by atoms with Gasteiger partial charge in [0.25, 0.3) is 0 Å². The second-order valence-corrected chi connectivity index (χ2v) is 3.05. The van der Waals surface area contributed by atoms with E-state index in [0.29, 0.717) is 17.2 Å². The van der Waals surface area contributed by atoms with Gasteiger partial charge in [-0.2, -0.15) is 0 Å². The van der Waals surface area contributed by atoms with E-state index >= 15 is 0 Å². The van der Waals surface area contributed by atoms with Crippen LogP contribution in [0.5, 0.6) is 0 Å². The van der Waals surface area contributed by atoms with Crippen LogP contribution in [0, 0.1) is 5.82 Å². The van der Waals surface area contributed by atoms with E-state index in [9.17, 15) is 4.39 Å². The molecule has 1 aromatic carbocycles. The fourth-order valence-electron chi connectivity index (χ4n) is 1.21. The lowest BCUT2D eigenvalue weighted by atomic mass is 10.3. The van der Waals surface area contributed by atoms with Crippen molar-refractivity contribution in [1.82, 2.24) is 4.98 Å². The topological polar surface area (TPSA) is 50.9 Å². The minimum Gasteiger partial charge on any atom is -0.396 e. The van der Waals surface area contributed by atoms with Crippen molar-refractivity contribution in [1.29, 1.82) is 0 Å². The van der Waals surface area contributed by atoms with Crippen molar-refractivity contribution in [3.05, 3.63) is 48.4 Å². The van der Waals surface area contributed by atoms with E-state index in [2.05, 4.69) is 10.3 Å². The minimum absolute atomic E-state index is 0.331. The Kier molecular flexibility index (Phi) is 2.49. The van der Waals surface area contributed by atoms with Gasteiger partial charge in [0.15, 0.2) is 5.82 Å². The lowest BCUT2D eigenvalue weighted by Gasteiger charge is -2.07. The van der Waals surface area contributed by atoms with Gasteiger partial charge >= 0.3 is 0 Å². The number of aromatic nitrogens is 1. The molecule has 1 heterocycles. The van der Waals surface area contributed by atoms with Crippen molar-refractivity contribution in [3.8, 4) is 0 Å². The van der Waals surface area contributed by atoms with Crippen LogP contribution in [0.15, 0.2) is 42.6 Å². The molecule has 3 N–H and O–H groups in total. The molecular weight excluding hydrogens is 193 g/mol. The lowest BCUT2D eigenvalue weighted by molar-refractivity contribution is 0.632. The molecule has 0 unspecified atom stereocenters. The van der Waals surface area contributed by atoms with Gasteiger partial charge in [-0.15, -0.1) is 0 Å². The van der Waals surface area contributed by atoms with Gasteiger partial charge in [0.05, 0.1) is 11.4 Å². The largest absolute Gasteiger partial charge is 0.396 e. The van der Waals surface area contributed by atoms with Crippen LogP contribution < -0.4 is 11.1 Å². The van der Waals surface area contributed by atoms with Crippen molar-refractivity contribution >= 4 is 17.2 Å². The average Bonchev–Trinajstić information content (AvgIpc) is 2.24. The number of hydrogen-bond acceptors (Lipinski definition) is 3. The maximum absolute atomic E-state index is 13.3. The molecule has 0 spiro atoms. The van der Waals surface area contributed by atoms with E-state index in [1.807, 2.05) is 0 Å². The molecule has 76 valence electrons. The molecule has 1 aromatic heterocycles. The Bertz CT molecular complexity index is 427. The highest BCUT2D eigenvalue weighted by Crippen LogP contribution is 2.21. The third kappa shape index (κ3) is 2.04. The lowest BCUT2D eigenvalue weighted by Crippen LogP contribution is -1.99. The summed E-state index contributed by atoms with van der Waals surface area (Å²) < 4.78 is 13.3. The van der Waals surface area contributed by atoms with Crippen molar-refractivity contribution in [2.45, 2.75) is 0 Å². The van der Waals surface area contributed by atoms with E-state index < -0.39 is 0 Å². The number of benzene rings is 1. The van der Waals surface area contributed by atoms with Crippen LogP contribution in [0.3, 0.4) is 0 Å². The first-order chi connectivity index (χ1) is 7.27. The molecule has 0 atom stereocenters. The maximum Gasteiger partial charge on any atom is 0.153 e. The minimum atomic E-state index is -0.331. The molecule has 2 aromatic rings. The second-order valence-electron chi connectivity index (χ2n) is 3.05. The molecule has 0 amide bonds. The van der Waals surface area contributed by atoms with Crippen molar-refractivity contribution in [2.75, 3.05) is 11.1 Å². The fraction of sp³-hybridized carbons (Fsp3) is 0. The molecule has 0 radical (unpaired) electrons. The number of rotatable bonds is 2. The summed E-state index contributed by atoms with van der Waals surface area (Å²) in [4.78, 5) is 4.01. The zero-order valence-electron chi connectivity index (χ0n) is 7.94. The Balaban J connectivity index is 2.30. The summed E-state index contributed by atoms with van der Waals surface area (Å²) >= 11 is 0. The van der Waals surface area contributed by atoms with Crippen molar-refractivity contribution in [3.63, 3.8) is 0 Å². The van der Waals surface area contributed by atoms with Crippen molar-refractivity contribution in [2.24, 2.45) is 0 Å². The Morgan fingerprint density at radius 2 is 1.93 bits per heavy atom. The summed E-state index contributed by atoms with van der Waals surface area (Å²) in [6, 6.07) is 9.80. The second kappa shape index (κ2) is 3.96. The van der Waals surface area contributed by atoms with Gasteiger partial charge in [-0.05, 0) is 24.3 Å². The highest BCUT2D eigenvalue weighted by atomic mass is 19.1. The van der Waals surface area contributed by atoms with Gasteiger partial charge in [-0.3, -0.25) is 0 Å². The Labute approximate surface area is 86.8 Å². The molecule has 0 saturated heterocycles. The molecule has 0 aliphatic carbocycles.